The lowest BCUT2D eigenvalue weighted by molar-refractivity contribution is 0.0953. The van der Waals surface area contributed by atoms with Crippen molar-refractivity contribution in [2.45, 2.75) is 38.3 Å². The maximum Gasteiger partial charge on any atom is 0.265 e. The topological polar surface area (TPSA) is 80.9 Å². The molecule has 15 heavy (non-hydrogen) atoms. The summed E-state index contributed by atoms with van der Waals surface area (Å²) in [6.45, 7) is 2.05. The summed E-state index contributed by atoms with van der Waals surface area (Å²) in [5.41, 5.74) is 6.42. The minimum atomic E-state index is -0.0774. The van der Waals surface area contributed by atoms with Gasteiger partial charge in [0.15, 0.2) is 0 Å². The number of nitrogens with one attached hydrogen (secondary N) is 1. The van der Waals surface area contributed by atoms with Crippen LogP contribution >= 0.6 is 11.5 Å². The first-order chi connectivity index (χ1) is 7.22. The molecule has 1 aliphatic rings. The molecule has 0 aromatic carbocycles. The SMILES string of the molecule is CCCc1nnsc1C(=O)NC1CC1N. The lowest BCUT2D eigenvalue weighted by Gasteiger charge is -2.01. The van der Waals surface area contributed by atoms with Crippen molar-refractivity contribution in [3.63, 3.8) is 0 Å². The van der Waals surface area contributed by atoms with Crippen LogP contribution in [0.3, 0.4) is 0 Å². The van der Waals surface area contributed by atoms with E-state index in [1.807, 2.05) is 0 Å². The fourth-order valence-electron chi connectivity index (χ4n) is 1.40. The predicted molar refractivity (Wildman–Crippen MR) is 57.8 cm³/mol. The Morgan fingerprint density at radius 2 is 2.47 bits per heavy atom. The molecule has 5 nitrogen and oxygen atoms in total. The maximum absolute atomic E-state index is 11.8. The largest absolute Gasteiger partial charge is 0.347 e. The van der Waals surface area contributed by atoms with Crippen LogP contribution < -0.4 is 11.1 Å². The van der Waals surface area contributed by atoms with Gasteiger partial charge in [-0.2, -0.15) is 0 Å². The monoisotopic (exact) mass is 226 g/mol. The van der Waals surface area contributed by atoms with Crippen LogP contribution in [-0.2, 0) is 6.42 Å². The van der Waals surface area contributed by atoms with Gasteiger partial charge in [-0.15, -0.1) is 5.10 Å². The van der Waals surface area contributed by atoms with Crippen molar-refractivity contribution < 1.29 is 4.79 Å². The minimum Gasteiger partial charge on any atom is -0.347 e. The Morgan fingerprint density at radius 3 is 3.07 bits per heavy atom. The van der Waals surface area contributed by atoms with E-state index in [9.17, 15) is 4.79 Å². The van der Waals surface area contributed by atoms with Crippen molar-refractivity contribution >= 4 is 17.4 Å². The number of rotatable bonds is 4. The molecule has 0 saturated heterocycles. The summed E-state index contributed by atoms with van der Waals surface area (Å²) in [7, 11) is 0. The maximum atomic E-state index is 11.8. The number of amides is 1. The standard InChI is InChI=1S/C9H14N4OS/c1-2-3-6-8(15-13-12-6)9(14)11-7-4-5(7)10/h5,7H,2-4,10H2,1H3,(H,11,14). The molecule has 1 aromatic rings. The number of nitrogens with zero attached hydrogens (tertiary/aromatic N) is 2. The van der Waals surface area contributed by atoms with Gasteiger partial charge in [-0.1, -0.05) is 17.8 Å². The van der Waals surface area contributed by atoms with Crippen LogP contribution in [0.4, 0.5) is 0 Å². The first-order valence-corrected chi connectivity index (χ1v) is 5.87. The van der Waals surface area contributed by atoms with Gasteiger partial charge in [0.25, 0.3) is 5.91 Å². The van der Waals surface area contributed by atoms with Crippen molar-refractivity contribution in [3.8, 4) is 0 Å². The van der Waals surface area contributed by atoms with Crippen molar-refractivity contribution in [2.75, 3.05) is 0 Å². The summed E-state index contributed by atoms with van der Waals surface area (Å²) >= 11 is 1.15. The molecule has 0 spiro atoms. The van der Waals surface area contributed by atoms with E-state index in [2.05, 4.69) is 21.8 Å². The Hall–Kier alpha value is -1.01. The van der Waals surface area contributed by atoms with Crippen LogP contribution in [0, 0.1) is 0 Å². The third-order valence-corrected chi connectivity index (χ3v) is 3.17. The van der Waals surface area contributed by atoms with Crippen molar-refractivity contribution in [1.29, 1.82) is 0 Å². The third-order valence-electron chi connectivity index (χ3n) is 2.41. The van der Waals surface area contributed by atoms with Gasteiger partial charge >= 0.3 is 0 Å². The molecule has 1 aliphatic carbocycles. The normalized spacial score (nSPS) is 23.9. The summed E-state index contributed by atoms with van der Waals surface area (Å²) in [6, 6.07) is 0.276. The molecule has 0 radical (unpaired) electrons. The third kappa shape index (κ3) is 2.32. The van der Waals surface area contributed by atoms with E-state index in [0.29, 0.717) is 4.88 Å². The number of hydrogen-bond acceptors (Lipinski definition) is 5. The van der Waals surface area contributed by atoms with Crippen LogP contribution in [0.2, 0.25) is 0 Å². The lowest BCUT2D eigenvalue weighted by Crippen LogP contribution is -2.29. The Morgan fingerprint density at radius 1 is 1.73 bits per heavy atom. The molecule has 2 atom stereocenters. The van der Waals surface area contributed by atoms with E-state index >= 15 is 0 Å². The first-order valence-electron chi connectivity index (χ1n) is 5.10. The Kier molecular flexibility index (Phi) is 2.97. The molecule has 82 valence electrons. The van der Waals surface area contributed by atoms with Gasteiger partial charge in [0.05, 0.1) is 5.69 Å². The Bertz CT molecular complexity index is 365. The van der Waals surface area contributed by atoms with Gasteiger partial charge in [-0.25, -0.2) is 0 Å². The van der Waals surface area contributed by atoms with E-state index < -0.39 is 0 Å². The molecule has 1 fully saturated rings. The lowest BCUT2D eigenvalue weighted by atomic mass is 10.2. The molecule has 2 unspecified atom stereocenters. The number of carbonyl (C=O) groups excluding carboxylic acids is 1. The molecule has 6 heteroatoms. The second-order valence-corrected chi connectivity index (χ2v) is 4.53. The van der Waals surface area contributed by atoms with Crippen molar-refractivity contribution in [1.82, 2.24) is 14.9 Å². The van der Waals surface area contributed by atoms with E-state index in [-0.39, 0.29) is 18.0 Å². The summed E-state index contributed by atoms with van der Waals surface area (Å²) in [6.07, 6.45) is 2.64. The average Bonchev–Trinajstić information content (AvgIpc) is 2.72. The number of aryl methyl sites for hydroxylation is 1. The number of aromatic nitrogens is 2. The summed E-state index contributed by atoms with van der Waals surface area (Å²) in [5, 5.41) is 6.82. The van der Waals surface area contributed by atoms with Gasteiger partial charge in [0.2, 0.25) is 0 Å². The molecule has 3 N–H and O–H groups in total. The molecule has 1 saturated carbocycles. The van der Waals surface area contributed by atoms with Gasteiger partial charge in [0.1, 0.15) is 4.88 Å². The quantitative estimate of drug-likeness (QED) is 0.774. The zero-order valence-corrected chi connectivity index (χ0v) is 9.38. The van der Waals surface area contributed by atoms with Crippen LogP contribution in [0.5, 0.6) is 0 Å². The highest BCUT2D eigenvalue weighted by atomic mass is 32.1. The summed E-state index contributed by atoms with van der Waals surface area (Å²) in [5.74, 6) is -0.0774. The smallest absolute Gasteiger partial charge is 0.265 e. The van der Waals surface area contributed by atoms with Gasteiger partial charge < -0.3 is 11.1 Å². The average molecular weight is 226 g/mol. The highest BCUT2D eigenvalue weighted by Crippen LogP contribution is 2.20. The zero-order chi connectivity index (χ0) is 10.8. The fourth-order valence-corrected chi connectivity index (χ4v) is 2.01. The van der Waals surface area contributed by atoms with E-state index in [0.717, 1.165) is 36.5 Å². The van der Waals surface area contributed by atoms with E-state index in [4.69, 9.17) is 5.73 Å². The molecule has 1 heterocycles. The van der Waals surface area contributed by atoms with Crippen molar-refractivity contribution in [2.24, 2.45) is 5.73 Å². The second kappa shape index (κ2) is 4.24. The Balaban J connectivity index is 2.01. The predicted octanol–water partition coefficient (Wildman–Crippen LogP) is 0.320. The molecular formula is C9H14N4OS. The van der Waals surface area contributed by atoms with Gasteiger partial charge in [-0.05, 0) is 24.4 Å². The van der Waals surface area contributed by atoms with Crippen LogP contribution in [-0.4, -0.2) is 27.6 Å². The first kappa shape index (κ1) is 10.5. The molecule has 1 aromatic heterocycles. The number of carbonyl (C=O) groups is 1. The molecule has 0 aliphatic heterocycles. The van der Waals surface area contributed by atoms with Crippen LogP contribution in [0.25, 0.3) is 0 Å². The van der Waals surface area contributed by atoms with Gasteiger partial charge in [0, 0.05) is 12.1 Å². The van der Waals surface area contributed by atoms with E-state index in [1.54, 1.807) is 0 Å². The summed E-state index contributed by atoms with van der Waals surface area (Å²) in [4.78, 5) is 12.4. The molecular weight excluding hydrogens is 212 g/mol. The molecule has 2 rings (SSSR count). The fraction of sp³-hybridized carbons (Fsp3) is 0.667. The summed E-state index contributed by atoms with van der Waals surface area (Å²) < 4.78 is 3.81. The highest BCUT2D eigenvalue weighted by molar-refractivity contribution is 7.08. The van der Waals surface area contributed by atoms with Crippen molar-refractivity contribution in [3.05, 3.63) is 10.6 Å². The van der Waals surface area contributed by atoms with Crippen LogP contribution in [0.1, 0.15) is 35.1 Å². The van der Waals surface area contributed by atoms with Gasteiger partial charge in [-0.3, -0.25) is 4.79 Å². The number of nitrogens with two attached hydrogens (primary N) is 1. The van der Waals surface area contributed by atoms with Crippen LogP contribution in [0.15, 0.2) is 0 Å². The zero-order valence-electron chi connectivity index (χ0n) is 8.56. The Labute approximate surface area is 92.2 Å². The minimum absolute atomic E-state index is 0.0774. The molecule has 1 amide bonds. The van der Waals surface area contributed by atoms with E-state index in [1.165, 1.54) is 0 Å². The number of hydrogen-bond donors (Lipinski definition) is 2. The second-order valence-electron chi connectivity index (χ2n) is 3.78. The molecule has 0 bridgehead atoms. The highest BCUT2D eigenvalue weighted by Gasteiger charge is 2.35.